The van der Waals surface area contributed by atoms with Crippen molar-refractivity contribution in [3.63, 3.8) is 0 Å². The van der Waals surface area contributed by atoms with Crippen LogP contribution in [0.15, 0.2) is 46.2 Å². The minimum atomic E-state index is -0.770. The van der Waals surface area contributed by atoms with Crippen molar-refractivity contribution in [1.82, 2.24) is 0 Å². The van der Waals surface area contributed by atoms with Crippen molar-refractivity contribution in [3.05, 3.63) is 59.2 Å². The second kappa shape index (κ2) is 4.39. The van der Waals surface area contributed by atoms with Crippen molar-refractivity contribution < 1.29 is 8.78 Å². The Kier molecular flexibility index (Phi) is 2.86. The highest BCUT2D eigenvalue weighted by atomic mass is 32.2. The molecule has 3 heteroatoms. The van der Waals surface area contributed by atoms with Gasteiger partial charge in [0.05, 0.1) is 4.90 Å². The molecule has 1 aliphatic heterocycles. The molecule has 0 aromatic heterocycles. The number of halogens is 2. The van der Waals surface area contributed by atoms with Gasteiger partial charge < -0.3 is 0 Å². The molecule has 0 saturated carbocycles. The largest absolute Gasteiger partial charge is 0.204 e. The molecular formula is C15H12F2S. The summed E-state index contributed by atoms with van der Waals surface area (Å²) in [6.07, 6.45) is 0.747. The van der Waals surface area contributed by atoms with Crippen LogP contribution in [0.1, 0.15) is 24.0 Å². The molecule has 1 atom stereocenters. The molecule has 0 radical (unpaired) electrons. The highest BCUT2D eigenvalue weighted by Gasteiger charge is 2.23. The normalized spacial score (nSPS) is 17.8. The Hall–Kier alpha value is -1.35. The molecule has 92 valence electrons. The molecule has 1 heterocycles. The van der Waals surface area contributed by atoms with E-state index in [1.807, 2.05) is 18.2 Å². The van der Waals surface area contributed by atoms with E-state index in [9.17, 15) is 8.78 Å². The van der Waals surface area contributed by atoms with Crippen molar-refractivity contribution in [2.24, 2.45) is 0 Å². The van der Waals surface area contributed by atoms with Gasteiger partial charge in [-0.25, -0.2) is 8.78 Å². The van der Waals surface area contributed by atoms with Gasteiger partial charge in [-0.15, -0.1) is 0 Å². The van der Waals surface area contributed by atoms with Crippen LogP contribution in [-0.2, 0) is 6.42 Å². The van der Waals surface area contributed by atoms with Gasteiger partial charge in [0.2, 0.25) is 0 Å². The lowest BCUT2D eigenvalue weighted by Gasteiger charge is -2.11. The molecule has 0 N–H and O–H groups in total. The van der Waals surface area contributed by atoms with Crippen LogP contribution in [0.5, 0.6) is 0 Å². The summed E-state index contributed by atoms with van der Waals surface area (Å²) in [5, 5.41) is 0. The van der Waals surface area contributed by atoms with Crippen LogP contribution in [0.3, 0.4) is 0 Å². The fourth-order valence-electron chi connectivity index (χ4n) is 2.37. The maximum Gasteiger partial charge on any atom is 0.172 e. The minimum Gasteiger partial charge on any atom is -0.204 e. The Morgan fingerprint density at radius 2 is 1.89 bits per heavy atom. The van der Waals surface area contributed by atoms with Crippen LogP contribution in [0, 0.1) is 11.6 Å². The van der Waals surface area contributed by atoms with Crippen LogP contribution >= 0.6 is 11.8 Å². The van der Waals surface area contributed by atoms with Gasteiger partial charge in [-0.05, 0) is 35.6 Å². The first-order chi connectivity index (χ1) is 8.66. The Bertz CT molecular complexity index is 607. The van der Waals surface area contributed by atoms with E-state index in [-0.39, 0.29) is 0 Å². The van der Waals surface area contributed by atoms with Crippen molar-refractivity contribution >= 4 is 11.8 Å². The monoisotopic (exact) mass is 262 g/mol. The summed E-state index contributed by atoms with van der Waals surface area (Å²) in [4.78, 5) is 1.46. The van der Waals surface area contributed by atoms with E-state index in [4.69, 9.17) is 0 Å². The van der Waals surface area contributed by atoms with Gasteiger partial charge in [0, 0.05) is 4.90 Å². The molecule has 0 aliphatic carbocycles. The Morgan fingerprint density at radius 3 is 2.72 bits per heavy atom. The Morgan fingerprint density at radius 1 is 1.11 bits per heavy atom. The van der Waals surface area contributed by atoms with Crippen molar-refractivity contribution in [1.29, 1.82) is 0 Å². The Labute approximate surface area is 109 Å². The zero-order chi connectivity index (χ0) is 12.7. The second-order valence-corrected chi connectivity index (χ2v) is 5.65. The average molecular weight is 262 g/mol. The summed E-state index contributed by atoms with van der Waals surface area (Å²) in [6, 6.07) is 10.9. The fraction of sp³-hybridized carbons (Fsp3) is 0.200. The number of hydrogen-bond acceptors (Lipinski definition) is 1. The summed E-state index contributed by atoms with van der Waals surface area (Å²) in [6.45, 7) is 2.12. The maximum atomic E-state index is 13.9. The average Bonchev–Trinajstić information content (AvgIpc) is 2.52. The highest BCUT2D eigenvalue weighted by molar-refractivity contribution is 7.99. The van der Waals surface area contributed by atoms with E-state index in [0.29, 0.717) is 10.8 Å². The number of fused-ring (bicyclic) bond motifs is 2. The number of hydrogen-bond donors (Lipinski definition) is 0. The van der Waals surface area contributed by atoms with Crippen LogP contribution in [0.25, 0.3) is 0 Å². The first-order valence-corrected chi connectivity index (χ1v) is 6.72. The molecule has 1 aliphatic rings. The molecule has 3 rings (SSSR count). The van der Waals surface area contributed by atoms with E-state index in [1.165, 1.54) is 23.4 Å². The molecule has 18 heavy (non-hydrogen) atoms. The smallest absolute Gasteiger partial charge is 0.172 e. The Balaban J connectivity index is 2.19. The first kappa shape index (κ1) is 11.7. The van der Waals surface area contributed by atoms with Crippen molar-refractivity contribution in [3.8, 4) is 0 Å². The lowest BCUT2D eigenvalue weighted by atomic mass is 9.94. The summed E-state index contributed by atoms with van der Waals surface area (Å²) in [5.41, 5.74) is 2.10. The second-order valence-electron chi connectivity index (χ2n) is 4.59. The summed E-state index contributed by atoms with van der Waals surface area (Å²) in [7, 11) is 0. The fourth-order valence-corrected chi connectivity index (χ4v) is 3.60. The maximum absolute atomic E-state index is 13.9. The third-order valence-corrected chi connectivity index (χ3v) is 4.56. The minimum absolute atomic E-state index is 0.319. The molecule has 0 bridgehead atoms. The van der Waals surface area contributed by atoms with E-state index in [0.717, 1.165) is 16.9 Å². The first-order valence-electron chi connectivity index (χ1n) is 5.90. The quantitative estimate of drug-likeness (QED) is 0.658. The van der Waals surface area contributed by atoms with Gasteiger partial charge in [0.15, 0.2) is 11.6 Å². The SMILES string of the molecule is CC1Cc2ccc(F)c(F)c2Sc2ccccc21. The molecule has 0 saturated heterocycles. The molecule has 2 aromatic carbocycles. The molecule has 0 fully saturated rings. The molecule has 0 nitrogen and oxygen atoms in total. The van der Waals surface area contributed by atoms with Gasteiger partial charge in [0.1, 0.15) is 0 Å². The standard InChI is InChI=1S/C15H12F2S/c1-9-8-10-6-7-12(16)14(17)15(10)18-13-5-3-2-4-11(9)13/h2-7,9H,8H2,1H3. The summed E-state index contributed by atoms with van der Waals surface area (Å²) in [5.74, 6) is -1.17. The van der Waals surface area contributed by atoms with Crippen LogP contribution < -0.4 is 0 Å². The topological polar surface area (TPSA) is 0 Å². The van der Waals surface area contributed by atoms with Crippen LogP contribution in [0.4, 0.5) is 8.78 Å². The molecule has 1 unspecified atom stereocenters. The summed E-state index contributed by atoms with van der Waals surface area (Å²) >= 11 is 1.33. The van der Waals surface area contributed by atoms with E-state index in [1.54, 1.807) is 6.07 Å². The summed E-state index contributed by atoms with van der Waals surface area (Å²) < 4.78 is 27.2. The van der Waals surface area contributed by atoms with Crippen LogP contribution in [-0.4, -0.2) is 0 Å². The zero-order valence-corrected chi connectivity index (χ0v) is 10.7. The molecule has 0 spiro atoms. The molecule has 0 amide bonds. The van der Waals surface area contributed by atoms with E-state index in [2.05, 4.69) is 13.0 Å². The third-order valence-electron chi connectivity index (χ3n) is 3.32. The van der Waals surface area contributed by atoms with E-state index >= 15 is 0 Å². The van der Waals surface area contributed by atoms with Gasteiger partial charge in [-0.3, -0.25) is 0 Å². The van der Waals surface area contributed by atoms with E-state index < -0.39 is 11.6 Å². The van der Waals surface area contributed by atoms with Crippen molar-refractivity contribution in [2.45, 2.75) is 29.1 Å². The third kappa shape index (κ3) is 1.83. The predicted molar refractivity (Wildman–Crippen MR) is 69.0 cm³/mol. The highest BCUT2D eigenvalue weighted by Crippen LogP contribution is 2.42. The van der Waals surface area contributed by atoms with Gasteiger partial charge in [-0.2, -0.15) is 0 Å². The van der Waals surface area contributed by atoms with Crippen LogP contribution in [0.2, 0.25) is 0 Å². The number of rotatable bonds is 0. The van der Waals surface area contributed by atoms with Gasteiger partial charge >= 0.3 is 0 Å². The molecule has 2 aromatic rings. The zero-order valence-electron chi connectivity index (χ0n) is 9.91. The number of benzene rings is 2. The van der Waals surface area contributed by atoms with Crippen molar-refractivity contribution in [2.75, 3.05) is 0 Å². The lowest BCUT2D eigenvalue weighted by Crippen LogP contribution is -1.99. The molecular weight excluding hydrogens is 250 g/mol. The van der Waals surface area contributed by atoms with Gasteiger partial charge in [0.25, 0.3) is 0 Å². The predicted octanol–water partition coefficient (Wildman–Crippen LogP) is 4.78. The lowest BCUT2D eigenvalue weighted by molar-refractivity contribution is 0.488. The van der Waals surface area contributed by atoms with Gasteiger partial charge in [-0.1, -0.05) is 43.0 Å².